The second-order valence-electron chi connectivity index (χ2n) is 6.91. The number of likely N-dealkylation sites (N-methyl/N-ethyl adjacent to an activating group) is 1. The number of hydrogen-bond donors (Lipinski definition) is 1. The minimum absolute atomic E-state index is 0.141. The van der Waals surface area contributed by atoms with Crippen LogP contribution in [0.25, 0.3) is 0 Å². The molecule has 1 atom stereocenters. The van der Waals surface area contributed by atoms with Gasteiger partial charge >= 0.3 is 0 Å². The van der Waals surface area contributed by atoms with Gasteiger partial charge in [-0.3, -0.25) is 4.79 Å². The molecule has 1 unspecified atom stereocenters. The first kappa shape index (κ1) is 17.7. The monoisotopic (exact) mass is 290 g/mol. The molecule has 0 aromatic heterocycles. The highest BCUT2D eigenvalue weighted by molar-refractivity contribution is 5.87. The fraction of sp³-hybridized carbons (Fsp3) is 0.611. The van der Waals surface area contributed by atoms with Gasteiger partial charge in [0.15, 0.2) is 0 Å². The summed E-state index contributed by atoms with van der Waals surface area (Å²) in [6.07, 6.45) is 0.837. The van der Waals surface area contributed by atoms with E-state index in [1.165, 1.54) is 5.56 Å². The summed E-state index contributed by atoms with van der Waals surface area (Å²) < 4.78 is 0. The Morgan fingerprint density at radius 1 is 1.24 bits per heavy atom. The average molecular weight is 290 g/mol. The van der Waals surface area contributed by atoms with Crippen molar-refractivity contribution in [2.24, 2.45) is 11.7 Å². The Morgan fingerprint density at radius 3 is 2.24 bits per heavy atom. The van der Waals surface area contributed by atoms with Gasteiger partial charge in [0.2, 0.25) is 5.91 Å². The van der Waals surface area contributed by atoms with Crippen LogP contribution >= 0.6 is 0 Å². The van der Waals surface area contributed by atoms with Gasteiger partial charge in [0.25, 0.3) is 0 Å². The molecule has 118 valence electrons. The molecule has 0 bridgehead atoms. The predicted molar refractivity (Wildman–Crippen MR) is 89.3 cm³/mol. The first-order valence-corrected chi connectivity index (χ1v) is 7.74. The number of hydrogen-bond acceptors (Lipinski definition) is 2. The molecule has 0 radical (unpaired) electrons. The van der Waals surface area contributed by atoms with E-state index in [0.717, 1.165) is 12.0 Å². The third-order valence-corrected chi connectivity index (χ3v) is 4.31. The quantitative estimate of drug-likeness (QED) is 0.875. The van der Waals surface area contributed by atoms with Crippen LogP contribution < -0.4 is 5.73 Å². The van der Waals surface area contributed by atoms with Gasteiger partial charge in [0.05, 0.1) is 5.41 Å². The molecular weight excluding hydrogens is 260 g/mol. The molecule has 0 aliphatic rings. The largest absolute Gasteiger partial charge is 0.345 e. The first-order chi connectivity index (χ1) is 9.66. The standard InChI is InChI=1S/C18H30N2O/c1-13(2)16(19)11-12-20(6)17(21)18(4,5)15-9-7-14(3)8-10-15/h7-10,13,16H,11-12,19H2,1-6H3. The molecule has 1 rings (SSSR count). The summed E-state index contributed by atoms with van der Waals surface area (Å²) in [4.78, 5) is 14.5. The molecule has 1 aromatic carbocycles. The molecule has 0 heterocycles. The summed E-state index contributed by atoms with van der Waals surface area (Å²) in [5.74, 6) is 0.584. The van der Waals surface area contributed by atoms with Gasteiger partial charge in [-0.05, 0) is 38.7 Å². The lowest BCUT2D eigenvalue weighted by atomic mass is 9.83. The first-order valence-electron chi connectivity index (χ1n) is 7.74. The minimum Gasteiger partial charge on any atom is -0.345 e. The van der Waals surface area contributed by atoms with Gasteiger partial charge in [-0.25, -0.2) is 0 Å². The van der Waals surface area contributed by atoms with E-state index in [4.69, 9.17) is 5.73 Å². The lowest BCUT2D eigenvalue weighted by molar-refractivity contribution is -0.135. The summed E-state index contributed by atoms with van der Waals surface area (Å²) >= 11 is 0. The number of rotatable bonds is 6. The minimum atomic E-state index is -0.510. The summed E-state index contributed by atoms with van der Waals surface area (Å²) in [6.45, 7) is 11.0. The molecule has 0 fully saturated rings. The molecule has 0 aliphatic carbocycles. The Kier molecular flexibility index (Phi) is 5.97. The van der Waals surface area contributed by atoms with E-state index >= 15 is 0 Å². The Balaban J connectivity index is 2.73. The zero-order valence-electron chi connectivity index (χ0n) is 14.3. The SMILES string of the molecule is Cc1ccc(C(C)(C)C(=O)N(C)CCC(N)C(C)C)cc1. The van der Waals surface area contributed by atoms with Crippen LogP contribution in [-0.2, 0) is 10.2 Å². The zero-order valence-corrected chi connectivity index (χ0v) is 14.3. The van der Waals surface area contributed by atoms with Gasteiger partial charge in [-0.2, -0.15) is 0 Å². The number of nitrogens with two attached hydrogens (primary N) is 1. The Morgan fingerprint density at radius 2 is 1.76 bits per heavy atom. The summed E-state index contributed by atoms with van der Waals surface area (Å²) in [7, 11) is 1.87. The van der Waals surface area contributed by atoms with Crippen molar-refractivity contribution in [3.05, 3.63) is 35.4 Å². The Bertz CT molecular complexity index is 463. The summed E-state index contributed by atoms with van der Waals surface area (Å²) in [5.41, 5.74) is 7.81. The van der Waals surface area contributed by atoms with Crippen molar-refractivity contribution in [3.63, 3.8) is 0 Å². The maximum absolute atomic E-state index is 12.7. The molecule has 1 aromatic rings. The van der Waals surface area contributed by atoms with Crippen LogP contribution in [-0.4, -0.2) is 30.4 Å². The Labute approximate surface area is 129 Å². The number of carbonyl (C=O) groups is 1. The maximum Gasteiger partial charge on any atom is 0.232 e. The zero-order chi connectivity index (χ0) is 16.2. The van der Waals surface area contributed by atoms with Crippen LogP contribution in [0.1, 0.15) is 45.2 Å². The van der Waals surface area contributed by atoms with Crippen LogP contribution in [0, 0.1) is 12.8 Å². The van der Waals surface area contributed by atoms with Crippen molar-refractivity contribution in [3.8, 4) is 0 Å². The van der Waals surface area contributed by atoms with Crippen molar-refractivity contribution >= 4 is 5.91 Å². The highest BCUT2D eigenvalue weighted by atomic mass is 16.2. The smallest absolute Gasteiger partial charge is 0.232 e. The maximum atomic E-state index is 12.7. The van der Waals surface area contributed by atoms with E-state index in [1.807, 2.05) is 37.9 Å². The second kappa shape index (κ2) is 7.08. The summed E-state index contributed by atoms with van der Waals surface area (Å²) in [6, 6.07) is 8.34. The topological polar surface area (TPSA) is 46.3 Å². The Hall–Kier alpha value is -1.35. The third kappa shape index (κ3) is 4.57. The highest BCUT2D eigenvalue weighted by Crippen LogP contribution is 2.26. The van der Waals surface area contributed by atoms with Crippen LogP contribution in [0.15, 0.2) is 24.3 Å². The molecule has 1 amide bonds. The molecule has 3 nitrogen and oxygen atoms in total. The van der Waals surface area contributed by atoms with Crippen LogP contribution in [0.3, 0.4) is 0 Å². The fourth-order valence-corrected chi connectivity index (χ4v) is 2.35. The number of amides is 1. The second-order valence-corrected chi connectivity index (χ2v) is 6.91. The molecule has 2 N–H and O–H groups in total. The fourth-order valence-electron chi connectivity index (χ4n) is 2.35. The highest BCUT2D eigenvalue weighted by Gasteiger charge is 2.32. The predicted octanol–water partition coefficient (Wildman–Crippen LogP) is 3.10. The van der Waals surface area contributed by atoms with Crippen molar-refractivity contribution in [1.82, 2.24) is 4.90 Å². The lowest BCUT2D eigenvalue weighted by Crippen LogP contribution is -2.43. The third-order valence-electron chi connectivity index (χ3n) is 4.31. The normalized spacial score (nSPS) is 13.3. The molecule has 0 saturated carbocycles. The van der Waals surface area contributed by atoms with Gasteiger partial charge in [0.1, 0.15) is 0 Å². The van der Waals surface area contributed by atoms with Crippen LogP contribution in [0.2, 0.25) is 0 Å². The summed E-state index contributed by atoms with van der Waals surface area (Å²) in [5, 5.41) is 0. The van der Waals surface area contributed by atoms with Gasteiger partial charge < -0.3 is 10.6 Å². The van der Waals surface area contributed by atoms with Gasteiger partial charge in [0, 0.05) is 19.6 Å². The van der Waals surface area contributed by atoms with Gasteiger partial charge in [-0.15, -0.1) is 0 Å². The van der Waals surface area contributed by atoms with Crippen LogP contribution in [0.5, 0.6) is 0 Å². The molecule has 3 heteroatoms. The van der Waals surface area contributed by atoms with Crippen molar-refractivity contribution in [2.75, 3.05) is 13.6 Å². The number of carbonyl (C=O) groups excluding carboxylic acids is 1. The van der Waals surface area contributed by atoms with Crippen molar-refractivity contribution < 1.29 is 4.79 Å². The molecular formula is C18H30N2O. The van der Waals surface area contributed by atoms with Gasteiger partial charge in [-0.1, -0.05) is 43.7 Å². The van der Waals surface area contributed by atoms with E-state index in [9.17, 15) is 4.79 Å². The molecule has 21 heavy (non-hydrogen) atoms. The van der Waals surface area contributed by atoms with E-state index < -0.39 is 5.41 Å². The van der Waals surface area contributed by atoms with E-state index in [0.29, 0.717) is 12.5 Å². The molecule has 0 aliphatic heterocycles. The number of benzene rings is 1. The average Bonchev–Trinajstić information content (AvgIpc) is 2.43. The van der Waals surface area contributed by atoms with E-state index in [2.05, 4.69) is 32.9 Å². The lowest BCUT2D eigenvalue weighted by Gasteiger charge is -2.31. The number of aryl methyl sites for hydroxylation is 1. The molecule has 0 saturated heterocycles. The van der Waals surface area contributed by atoms with Crippen LogP contribution in [0.4, 0.5) is 0 Å². The van der Waals surface area contributed by atoms with Crippen molar-refractivity contribution in [1.29, 1.82) is 0 Å². The van der Waals surface area contributed by atoms with E-state index in [-0.39, 0.29) is 11.9 Å². The number of nitrogens with zero attached hydrogens (tertiary/aromatic N) is 1. The molecule has 0 spiro atoms. The van der Waals surface area contributed by atoms with E-state index in [1.54, 1.807) is 0 Å². The van der Waals surface area contributed by atoms with Crippen molar-refractivity contribution in [2.45, 2.75) is 52.5 Å².